The van der Waals surface area contributed by atoms with E-state index in [1.165, 1.54) is 0 Å². The molecule has 0 spiro atoms. The molecule has 0 saturated carbocycles. The first kappa shape index (κ1) is 27.7. The van der Waals surface area contributed by atoms with Gasteiger partial charge >= 0.3 is 0 Å². The number of aliphatic hydroxyl groups is 1. The molecular formula is C26H34N4O5. The van der Waals surface area contributed by atoms with Gasteiger partial charge in [0.05, 0.1) is 12.6 Å². The van der Waals surface area contributed by atoms with Crippen molar-refractivity contribution in [1.82, 2.24) is 10.6 Å². The second-order valence-electron chi connectivity index (χ2n) is 8.38. The Morgan fingerprint density at radius 3 is 2.06 bits per heavy atom. The predicted octanol–water partition coefficient (Wildman–Crippen LogP) is 0.695. The first-order valence-corrected chi connectivity index (χ1v) is 11.7. The molecular weight excluding hydrogens is 448 g/mol. The summed E-state index contributed by atoms with van der Waals surface area (Å²) >= 11 is 0. The molecule has 2 aromatic carbocycles. The highest BCUT2D eigenvalue weighted by molar-refractivity contribution is 5.99. The van der Waals surface area contributed by atoms with Crippen molar-refractivity contribution in [3.05, 3.63) is 71.8 Å². The quantitative estimate of drug-likeness (QED) is 0.234. The van der Waals surface area contributed by atoms with Crippen LogP contribution in [0.15, 0.2) is 60.7 Å². The lowest BCUT2D eigenvalue weighted by atomic mass is 9.90. The lowest BCUT2D eigenvalue weighted by molar-refractivity contribution is -0.133. The molecule has 188 valence electrons. The standard InChI is InChI=1S/C26H34N4O5/c27-14-8-7-13-20(26(35)30-22(17-31)24(28)33)16-23(32)21(15-18-9-3-1-4-10-18)29-25(34)19-11-5-2-6-12-19/h1-6,9-12,20-22,31H,7-8,13-17,27H2,(H2,28,33)(H,29,34)(H,30,35)/t20-,21+,22+/m1/s1. The Hall–Kier alpha value is -3.56. The van der Waals surface area contributed by atoms with Crippen LogP contribution in [0.1, 0.15) is 41.6 Å². The van der Waals surface area contributed by atoms with Crippen LogP contribution in [0, 0.1) is 5.92 Å². The van der Waals surface area contributed by atoms with Gasteiger partial charge in [0.2, 0.25) is 11.8 Å². The van der Waals surface area contributed by atoms with E-state index in [0.717, 1.165) is 5.56 Å². The minimum absolute atomic E-state index is 0.153. The van der Waals surface area contributed by atoms with Gasteiger partial charge in [-0.15, -0.1) is 0 Å². The third-order valence-corrected chi connectivity index (χ3v) is 5.68. The Morgan fingerprint density at radius 2 is 1.49 bits per heavy atom. The van der Waals surface area contributed by atoms with Crippen LogP contribution in [0.4, 0.5) is 0 Å². The van der Waals surface area contributed by atoms with Gasteiger partial charge in [0, 0.05) is 17.9 Å². The molecule has 7 N–H and O–H groups in total. The SMILES string of the molecule is NCCCC[C@H](CC(=O)[C@H](Cc1ccccc1)NC(=O)c1ccccc1)C(=O)N[C@@H](CO)C(N)=O. The number of nitrogens with two attached hydrogens (primary N) is 2. The van der Waals surface area contributed by atoms with Gasteiger partial charge in [-0.05, 0) is 43.5 Å². The average molecular weight is 483 g/mol. The van der Waals surface area contributed by atoms with E-state index < -0.39 is 42.3 Å². The number of aliphatic hydroxyl groups excluding tert-OH is 1. The summed E-state index contributed by atoms with van der Waals surface area (Å²) in [6, 6.07) is 15.7. The number of unbranched alkanes of at least 4 members (excludes halogenated alkanes) is 1. The summed E-state index contributed by atoms with van der Waals surface area (Å²) in [4.78, 5) is 50.5. The third-order valence-electron chi connectivity index (χ3n) is 5.68. The molecule has 0 aliphatic rings. The Bertz CT molecular complexity index is 968. The highest BCUT2D eigenvalue weighted by Gasteiger charge is 2.29. The number of ketones is 1. The minimum atomic E-state index is -1.24. The van der Waals surface area contributed by atoms with E-state index in [1.807, 2.05) is 30.3 Å². The van der Waals surface area contributed by atoms with Crippen molar-refractivity contribution < 1.29 is 24.3 Å². The van der Waals surface area contributed by atoms with Crippen molar-refractivity contribution in [3.63, 3.8) is 0 Å². The van der Waals surface area contributed by atoms with E-state index in [4.69, 9.17) is 11.5 Å². The zero-order valence-electron chi connectivity index (χ0n) is 19.7. The Balaban J connectivity index is 2.21. The van der Waals surface area contributed by atoms with Gasteiger partial charge in [0.1, 0.15) is 6.04 Å². The number of carbonyl (C=O) groups is 4. The fraction of sp³-hybridized carbons (Fsp3) is 0.385. The van der Waals surface area contributed by atoms with Crippen LogP contribution in [0.3, 0.4) is 0 Å². The molecule has 0 heterocycles. The van der Waals surface area contributed by atoms with Crippen molar-refractivity contribution in [1.29, 1.82) is 0 Å². The molecule has 0 bridgehead atoms. The Kier molecular flexibility index (Phi) is 11.6. The number of carbonyl (C=O) groups excluding carboxylic acids is 4. The van der Waals surface area contributed by atoms with Gasteiger partial charge in [-0.1, -0.05) is 55.0 Å². The van der Waals surface area contributed by atoms with Crippen LogP contribution in [-0.4, -0.2) is 53.8 Å². The second kappa shape index (κ2) is 14.6. The number of nitrogens with one attached hydrogen (secondary N) is 2. The molecule has 0 aliphatic heterocycles. The van der Waals surface area contributed by atoms with Crippen LogP contribution in [0.5, 0.6) is 0 Å². The summed E-state index contributed by atoms with van der Waals surface area (Å²) in [5.41, 5.74) is 12.1. The molecule has 0 unspecified atom stereocenters. The normalized spacial score (nSPS) is 13.3. The molecule has 2 aromatic rings. The van der Waals surface area contributed by atoms with Gasteiger partial charge in [-0.3, -0.25) is 19.2 Å². The van der Waals surface area contributed by atoms with Crippen molar-refractivity contribution in [2.75, 3.05) is 13.2 Å². The molecule has 2 rings (SSSR count). The number of amides is 3. The van der Waals surface area contributed by atoms with Crippen molar-refractivity contribution in [2.24, 2.45) is 17.4 Å². The van der Waals surface area contributed by atoms with Crippen LogP contribution in [-0.2, 0) is 20.8 Å². The molecule has 0 saturated heterocycles. The summed E-state index contributed by atoms with van der Waals surface area (Å²) in [5.74, 6) is -2.90. The Labute approximate surface area is 205 Å². The van der Waals surface area contributed by atoms with Gasteiger partial charge in [0.15, 0.2) is 5.78 Å². The highest BCUT2D eigenvalue weighted by atomic mass is 16.3. The van der Waals surface area contributed by atoms with Crippen LogP contribution in [0.2, 0.25) is 0 Å². The zero-order valence-corrected chi connectivity index (χ0v) is 19.7. The van der Waals surface area contributed by atoms with Gasteiger partial charge < -0.3 is 27.2 Å². The molecule has 0 fully saturated rings. The molecule has 9 heteroatoms. The fourth-order valence-corrected chi connectivity index (χ4v) is 3.67. The first-order chi connectivity index (χ1) is 16.8. The van der Waals surface area contributed by atoms with E-state index >= 15 is 0 Å². The lowest BCUT2D eigenvalue weighted by Gasteiger charge is -2.23. The third kappa shape index (κ3) is 9.30. The number of rotatable bonds is 15. The molecule has 0 aromatic heterocycles. The van der Waals surface area contributed by atoms with Crippen LogP contribution in [0.25, 0.3) is 0 Å². The van der Waals surface area contributed by atoms with Crippen LogP contribution < -0.4 is 22.1 Å². The maximum absolute atomic E-state index is 13.4. The molecule has 3 amide bonds. The summed E-state index contributed by atoms with van der Waals surface area (Å²) in [7, 11) is 0. The van der Waals surface area contributed by atoms with Gasteiger partial charge in [-0.2, -0.15) is 0 Å². The van der Waals surface area contributed by atoms with E-state index in [2.05, 4.69) is 10.6 Å². The van der Waals surface area contributed by atoms with Gasteiger partial charge in [0.25, 0.3) is 5.91 Å². The van der Waals surface area contributed by atoms with E-state index in [-0.39, 0.29) is 18.6 Å². The number of benzene rings is 2. The van der Waals surface area contributed by atoms with Crippen LogP contribution >= 0.6 is 0 Å². The van der Waals surface area contributed by atoms with E-state index in [9.17, 15) is 24.3 Å². The maximum atomic E-state index is 13.4. The first-order valence-electron chi connectivity index (χ1n) is 11.7. The fourth-order valence-electron chi connectivity index (χ4n) is 3.67. The Morgan fingerprint density at radius 1 is 0.857 bits per heavy atom. The minimum Gasteiger partial charge on any atom is -0.394 e. The monoisotopic (exact) mass is 482 g/mol. The summed E-state index contributed by atoms with van der Waals surface area (Å²) in [5, 5.41) is 14.6. The molecule has 35 heavy (non-hydrogen) atoms. The number of Topliss-reactive ketones (excluding diaryl/α,β-unsaturated/α-hetero) is 1. The maximum Gasteiger partial charge on any atom is 0.251 e. The lowest BCUT2D eigenvalue weighted by Crippen LogP contribution is -2.50. The zero-order chi connectivity index (χ0) is 25.6. The van der Waals surface area contributed by atoms with E-state index in [1.54, 1.807) is 30.3 Å². The van der Waals surface area contributed by atoms with Crippen molar-refractivity contribution in [3.8, 4) is 0 Å². The highest BCUT2D eigenvalue weighted by Crippen LogP contribution is 2.17. The summed E-state index contributed by atoms with van der Waals surface area (Å²) in [6.07, 6.45) is 1.73. The summed E-state index contributed by atoms with van der Waals surface area (Å²) < 4.78 is 0. The molecule has 9 nitrogen and oxygen atoms in total. The van der Waals surface area contributed by atoms with Gasteiger partial charge in [-0.25, -0.2) is 0 Å². The average Bonchev–Trinajstić information content (AvgIpc) is 2.87. The topological polar surface area (TPSA) is 165 Å². The number of primary amides is 1. The second-order valence-corrected chi connectivity index (χ2v) is 8.38. The molecule has 0 aliphatic carbocycles. The summed E-state index contributed by atoms with van der Waals surface area (Å²) in [6.45, 7) is -0.207. The number of hydrogen-bond donors (Lipinski definition) is 5. The molecule has 3 atom stereocenters. The van der Waals surface area contributed by atoms with E-state index in [0.29, 0.717) is 31.4 Å². The number of hydrogen-bond acceptors (Lipinski definition) is 6. The smallest absolute Gasteiger partial charge is 0.251 e. The molecule has 0 radical (unpaired) electrons. The largest absolute Gasteiger partial charge is 0.394 e. The van der Waals surface area contributed by atoms with Crippen molar-refractivity contribution in [2.45, 2.75) is 44.2 Å². The van der Waals surface area contributed by atoms with Crippen molar-refractivity contribution >= 4 is 23.5 Å². The predicted molar refractivity (Wildman–Crippen MR) is 132 cm³/mol.